The summed E-state index contributed by atoms with van der Waals surface area (Å²) >= 11 is 0. The van der Waals surface area contributed by atoms with E-state index in [4.69, 9.17) is 14.6 Å². The molecule has 0 heterocycles. The van der Waals surface area contributed by atoms with Crippen LogP contribution in [0, 0.1) is 0 Å². The maximum Gasteiger partial charge on any atom is 0.338 e. The number of benzene rings is 1. The third-order valence-electron chi connectivity index (χ3n) is 2.45. The minimum atomic E-state index is -1.07. The zero-order chi connectivity index (χ0) is 14.1. The van der Waals surface area contributed by atoms with Crippen molar-refractivity contribution in [3.8, 4) is 0 Å². The highest BCUT2D eigenvalue weighted by Crippen LogP contribution is 2.07. The van der Waals surface area contributed by atoms with E-state index in [1.165, 1.54) is 24.3 Å². The monoisotopic (exact) mass is 266 g/mol. The molecule has 0 spiro atoms. The van der Waals surface area contributed by atoms with E-state index < -0.39 is 11.9 Å². The molecule has 0 amide bonds. The lowest BCUT2D eigenvalue weighted by molar-refractivity contribution is 0.0314. The molecule has 19 heavy (non-hydrogen) atoms. The van der Waals surface area contributed by atoms with Crippen LogP contribution in [0.3, 0.4) is 0 Å². The van der Waals surface area contributed by atoms with Gasteiger partial charge in [0.2, 0.25) is 0 Å². The first kappa shape index (κ1) is 15.2. The first-order valence-corrected chi connectivity index (χ1v) is 6.23. The number of rotatable bonds is 8. The first-order chi connectivity index (χ1) is 9.15. The van der Waals surface area contributed by atoms with E-state index >= 15 is 0 Å². The van der Waals surface area contributed by atoms with Crippen molar-refractivity contribution < 1.29 is 24.2 Å². The minimum Gasteiger partial charge on any atom is -0.478 e. The summed E-state index contributed by atoms with van der Waals surface area (Å²) in [5.41, 5.74) is 0.294. The van der Waals surface area contributed by atoms with Gasteiger partial charge in [-0.1, -0.05) is 19.4 Å². The number of carbonyl (C=O) groups is 2. The quantitative estimate of drug-likeness (QED) is 0.577. The van der Waals surface area contributed by atoms with E-state index in [0.29, 0.717) is 13.2 Å². The summed E-state index contributed by atoms with van der Waals surface area (Å²) in [7, 11) is 0. The second-order valence-electron chi connectivity index (χ2n) is 3.99. The van der Waals surface area contributed by atoms with Gasteiger partial charge in [-0.15, -0.1) is 0 Å². The number of carboxylic acids is 1. The minimum absolute atomic E-state index is 0.0636. The standard InChI is InChI=1S/C14H18O5/c1-2-3-7-18-8-9-19-14(17)12-6-4-5-11(10-12)13(15)16/h4-6,10H,2-3,7-9H2,1H3,(H,15,16). The van der Waals surface area contributed by atoms with Crippen molar-refractivity contribution in [2.24, 2.45) is 0 Å². The number of esters is 1. The SMILES string of the molecule is CCCCOCCOC(=O)c1cccc(C(=O)O)c1. The maximum absolute atomic E-state index is 11.6. The van der Waals surface area contributed by atoms with Gasteiger partial charge in [-0.05, 0) is 24.6 Å². The number of carboxylic acid groups (broad SMARTS) is 1. The predicted molar refractivity (Wildman–Crippen MR) is 69.4 cm³/mol. The molecule has 0 aliphatic carbocycles. The van der Waals surface area contributed by atoms with Gasteiger partial charge in [0.05, 0.1) is 17.7 Å². The van der Waals surface area contributed by atoms with Crippen molar-refractivity contribution in [2.45, 2.75) is 19.8 Å². The van der Waals surface area contributed by atoms with E-state index in [1.807, 2.05) is 0 Å². The van der Waals surface area contributed by atoms with Gasteiger partial charge in [-0.2, -0.15) is 0 Å². The second-order valence-corrected chi connectivity index (χ2v) is 3.99. The largest absolute Gasteiger partial charge is 0.478 e. The Hall–Kier alpha value is -1.88. The summed E-state index contributed by atoms with van der Waals surface area (Å²) in [6, 6.07) is 5.75. The van der Waals surface area contributed by atoms with E-state index in [2.05, 4.69) is 6.92 Å². The van der Waals surface area contributed by atoms with Crippen LogP contribution in [0.25, 0.3) is 0 Å². The highest BCUT2D eigenvalue weighted by atomic mass is 16.6. The Kier molecular flexibility index (Phi) is 6.60. The Labute approximate surface area is 112 Å². The molecule has 0 bridgehead atoms. The summed E-state index contributed by atoms with van der Waals surface area (Å²) < 4.78 is 10.2. The van der Waals surface area contributed by atoms with Crippen molar-refractivity contribution in [3.05, 3.63) is 35.4 Å². The highest BCUT2D eigenvalue weighted by molar-refractivity contribution is 5.94. The average molecular weight is 266 g/mol. The zero-order valence-corrected chi connectivity index (χ0v) is 10.9. The lowest BCUT2D eigenvalue weighted by Crippen LogP contribution is -2.12. The lowest BCUT2D eigenvalue weighted by Gasteiger charge is -2.06. The molecule has 5 nitrogen and oxygen atoms in total. The Morgan fingerprint density at radius 3 is 2.58 bits per heavy atom. The van der Waals surface area contributed by atoms with Crippen molar-refractivity contribution >= 4 is 11.9 Å². The molecule has 104 valence electrons. The fourth-order valence-electron chi connectivity index (χ4n) is 1.40. The van der Waals surface area contributed by atoms with Gasteiger partial charge in [0.15, 0.2) is 0 Å². The topological polar surface area (TPSA) is 72.8 Å². The number of hydrogen-bond acceptors (Lipinski definition) is 4. The van der Waals surface area contributed by atoms with Crippen molar-refractivity contribution in [3.63, 3.8) is 0 Å². The van der Waals surface area contributed by atoms with Crippen LogP contribution in [0.1, 0.15) is 40.5 Å². The molecule has 0 aliphatic heterocycles. The molecule has 1 rings (SSSR count). The van der Waals surface area contributed by atoms with Crippen LogP contribution in [-0.4, -0.2) is 36.9 Å². The summed E-state index contributed by atoms with van der Waals surface area (Å²) in [5.74, 6) is -1.61. The molecule has 0 saturated carbocycles. The molecule has 0 radical (unpaired) electrons. The molecule has 1 aromatic carbocycles. The van der Waals surface area contributed by atoms with Crippen LogP contribution in [0.5, 0.6) is 0 Å². The van der Waals surface area contributed by atoms with E-state index in [-0.39, 0.29) is 17.7 Å². The van der Waals surface area contributed by atoms with Gasteiger partial charge in [0, 0.05) is 6.61 Å². The Bertz CT molecular complexity index is 428. The van der Waals surface area contributed by atoms with Crippen LogP contribution in [-0.2, 0) is 9.47 Å². The summed E-state index contributed by atoms with van der Waals surface area (Å²) in [5, 5.41) is 8.82. The van der Waals surface area contributed by atoms with Crippen molar-refractivity contribution in [1.82, 2.24) is 0 Å². The van der Waals surface area contributed by atoms with E-state index in [9.17, 15) is 9.59 Å². The molecule has 1 aromatic rings. The van der Waals surface area contributed by atoms with Crippen molar-refractivity contribution in [1.29, 1.82) is 0 Å². The van der Waals surface area contributed by atoms with Gasteiger partial charge in [-0.25, -0.2) is 9.59 Å². The summed E-state index contributed by atoms with van der Waals surface area (Å²) in [6.45, 7) is 3.24. The van der Waals surface area contributed by atoms with Gasteiger partial charge < -0.3 is 14.6 Å². The third kappa shape index (κ3) is 5.52. The van der Waals surface area contributed by atoms with E-state index in [0.717, 1.165) is 12.8 Å². The number of ether oxygens (including phenoxy) is 2. The molecular weight excluding hydrogens is 248 g/mol. The van der Waals surface area contributed by atoms with Crippen molar-refractivity contribution in [2.75, 3.05) is 19.8 Å². The van der Waals surface area contributed by atoms with Gasteiger partial charge in [0.1, 0.15) is 6.61 Å². The van der Waals surface area contributed by atoms with Crippen LogP contribution < -0.4 is 0 Å². The summed E-state index contributed by atoms with van der Waals surface area (Å²) in [6.07, 6.45) is 2.04. The van der Waals surface area contributed by atoms with Gasteiger partial charge in [0.25, 0.3) is 0 Å². The number of unbranched alkanes of at least 4 members (excludes halogenated alkanes) is 1. The Morgan fingerprint density at radius 2 is 1.89 bits per heavy atom. The Balaban J connectivity index is 2.37. The zero-order valence-electron chi connectivity index (χ0n) is 10.9. The number of hydrogen-bond donors (Lipinski definition) is 1. The molecule has 1 N–H and O–H groups in total. The molecule has 0 saturated heterocycles. The van der Waals surface area contributed by atoms with Gasteiger partial charge >= 0.3 is 11.9 Å². The number of aromatic carboxylic acids is 1. The van der Waals surface area contributed by atoms with Crippen LogP contribution >= 0.6 is 0 Å². The third-order valence-corrected chi connectivity index (χ3v) is 2.45. The van der Waals surface area contributed by atoms with Crippen LogP contribution in [0.4, 0.5) is 0 Å². The Morgan fingerprint density at radius 1 is 1.16 bits per heavy atom. The normalized spacial score (nSPS) is 10.2. The molecule has 0 aromatic heterocycles. The second kappa shape index (κ2) is 8.26. The molecule has 0 aliphatic rings. The number of carbonyl (C=O) groups excluding carboxylic acids is 1. The highest BCUT2D eigenvalue weighted by Gasteiger charge is 2.10. The van der Waals surface area contributed by atoms with Crippen LogP contribution in [0.15, 0.2) is 24.3 Å². The fraction of sp³-hybridized carbons (Fsp3) is 0.429. The summed E-state index contributed by atoms with van der Waals surface area (Å²) in [4.78, 5) is 22.4. The first-order valence-electron chi connectivity index (χ1n) is 6.23. The predicted octanol–water partition coefficient (Wildman–Crippen LogP) is 2.36. The van der Waals surface area contributed by atoms with Crippen LogP contribution in [0.2, 0.25) is 0 Å². The maximum atomic E-state index is 11.6. The lowest BCUT2D eigenvalue weighted by atomic mass is 10.1. The van der Waals surface area contributed by atoms with E-state index in [1.54, 1.807) is 0 Å². The average Bonchev–Trinajstić information content (AvgIpc) is 2.42. The molecule has 0 atom stereocenters. The van der Waals surface area contributed by atoms with Gasteiger partial charge in [-0.3, -0.25) is 0 Å². The molecule has 5 heteroatoms. The smallest absolute Gasteiger partial charge is 0.338 e. The fourth-order valence-corrected chi connectivity index (χ4v) is 1.40. The molecule has 0 unspecified atom stereocenters. The molecule has 0 fully saturated rings. The molecular formula is C14H18O5.